The third kappa shape index (κ3) is 11.7. The molecule has 0 aromatic heterocycles. The summed E-state index contributed by atoms with van der Waals surface area (Å²) < 4.78 is 0. The lowest BCUT2D eigenvalue weighted by Gasteiger charge is -2.21. The molecule has 14 nitrogen and oxygen atoms in total. The summed E-state index contributed by atoms with van der Waals surface area (Å²) in [6.45, 7) is -0.406. The van der Waals surface area contributed by atoms with Gasteiger partial charge in [-0.2, -0.15) is 12.6 Å². The van der Waals surface area contributed by atoms with Gasteiger partial charge in [0, 0.05) is 12.3 Å². The van der Waals surface area contributed by atoms with E-state index in [9.17, 15) is 24.0 Å². The zero-order valence-electron chi connectivity index (χ0n) is 16.0. The van der Waals surface area contributed by atoms with Gasteiger partial charge in [0.25, 0.3) is 0 Å². The monoisotopic (exact) mass is 449 g/mol. The summed E-state index contributed by atoms with van der Waals surface area (Å²) in [6, 6.07) is -3.76. The van der Waals surface area contributed by atoms with Gasteiger partial charge in [-0.05, 0) is 12.8 Å². The molecular formula is C15H27N7O7S. The first-order chi connectivity index (χ1) is 14.0. The molecule has 0 saturated heterocycles. The zero-order chi connectivity index (χ0) is 23.3. The number of rotatable bonds is 14. The molecule has 11 N–H and O–H groups in total. The normalized spacial score (nSPS) is 13.3. The number of nitrogens with one attached hydrogen (secondary N) is 3. The Morgan fingerprint density at radius 3 is 2.13 bits per heavy atom. The van der Waals surface area contributed by atoms with E-state index >= 15 is 0 Å². The second-order valence-electron chi connectivity index (χ2n) is 6.07. The number of hydrogen-bond donors (Lipinski definition) is 9. The van der Waals surface area contributed by atoms with Crippen LogP contribution in [-0.4, -0.2) is 82.8 Å². The SMILES string of the molecule is NC(N)=NCCCC(NC(=O)CNC(=O)C(N)CC(=O)O)C(=O)NC(CS)C(=O)O. The van der Waals surface area contributed by atoms with E-state index in [4.69, 9.17) is 27.4 Å². The zero-order valence-corrected chi connectivity index (χ0v) is 16.9. The van der Waals surface area contributed by atoms with Gasteiger partial charge in [-0.1, -0.05) is 0 Å². The molecule has 30 heavy (non-hydrogen) atoms. The van der Waals surface area contributed by atoms with Crippen LogP contribution in [0.4, 0.5) is 0 Å². The number of thiol groups is 1. The summed E-state index contributed by atoms with van der Waals surface area (Å²) in [5.41, 5.74) is 15.8. The number of guanidine groups is 1. The van der Waals surface area contributed by atoms with Crippen LogP contribution in [0.3, 0.4) is 0 Å². The fourth-order valence-electron chi connectivity index (χ4n) is 2.05. The molecule has 0 radical (unpaired) electrons. The Kier molecular flexibility index (Phi) is 12.6. The molecule has 170 valence electrons. The van der Waals surface area contributed by atoms with E-state index in [2.05, 4.69) is 33.6 Å². The number of nitrogens with zero attached hydrogens (tertiary/aromatic N) is 1. The molecule has 0 rings (SSSR count). The number of aliphatic imine (C=N–C) groups is 1. The van der Waals surface area contributed by atoms with Crippen molar-refractivity contribution in [1.82, 2.24) is 16.0 Å². The Morgan fingerprint density at radius 2 is 1.63 bits per heavy atom. The van der Waals surface area contributed by atoms with Crippen LogP contribution in [-0.2, 0) is 24.0 Å². The van der Waals surface area contributed by atoms with Crippen LogP contribution in [0.25, 0.3) is 0 Å². The molecule has 0 aliphatic heterocycles. The molecule has 0 heterocycles. The topological polar surface area (TPSA) is 252 Å². The molecule has 0 aromatic carbocycles. The summed E-state index contributed by atoms with van der Waals surface area (Å²) in [4.78, 5) is 61.5. The highest BCUT2D eigenvalue weighted by molar-refractivity contribution is 7.80. The van der Waals surface area contributed by atoms with Gasteiger partial charge in [-0.15, -0.1) is 0 Å². The van der Waals surface area contributed by atoms with Gasteiger partial charge in [-0.3, -0.25) is 24.2 Å². The van der Waals surface area contributed by atoms with E-state index in [1.807, 2.05) is 0 Å². The van der Waals surface area contributed by atoms with Crippen LogP contribution < -0.4 is 33.2 Å². The summed E-state index contributed by atoms with van der Waals surface area (Å²) in [7, 11) is 0. The van der Waals surface area contributed by atoms with Crippen LogP contribution in [0.1, 0.15) is 19.3 Å². The van der Waals surface area contributed by atoms with Crippen LogP contribution in [0.5, 0.6) is 0 Å². The summed E-state index contributed by atoms with van der Waals surface area (Å²) in [5, 5.41) is 24.4. The van der Waals surface area contributed by atoms with Crippen molar-refractivity contribution in [1.29, 1.82) is 0 Å². The molecule has 0 saturated carbocycles. The molecule has 3 amide bonds. The van der Waals surface area contributed by atoms with Crippen LogP contribution in [0, 0.1) is 0 Å². The predicted octanol–water partition coefficient (Wildman–Crippen LogP) is -4.06. The fourth-order valence-corrected chi connectivity index (χ4v) is 2.30. The molecular weight excluding hydrogens is 422 g/mol. The van der Waals surface area contributed by atoms with E-state index in [0.717, 1.165) is 0 Å². The van der Waals surface area contributed by atoms with Crippen LogP contribution >= 0.6 is 12.6 Å². The predicted molar refractivity (Wildman–Crippen MR) is 108 cm³/mol. The van der Waals surface area contributed by atoms with Crippen molar-refractivity contribution in [2.75, 3.05) is 18.8 Å². The number of nitrogens with two attached hydrogens (primary N) is 3. The third-order valence-electron chi connectivity index (χ3n) is 3.55. The maximum absolute atomic E-state index is 12.4. The quantitative estimate of drug-likeness (QED) is 0.0536. The van der Waals surface area contributed by atoms with Crippen LogP contribution in [0.15, 0.2) is 4.99 Å². The standard InChI is InChI=1S/C15H27N7O7S/c16-7(4-11(24)25)12(26)20-5-10(23)21-8(2-1-3-19-15(17)18)13(27)22-9(6-30)14(28)29/h7-9,30H,1-6,16H2,(H,20,26)(H,21,23)(H,22,27)(H,24,25)(H,28,29)(H4,17,18,19). The van der Waals surface area contributed by atoms with Gasteiger partial charge in [0.05, 0.1) is 19.0 Å². The summed E-state index contributed by atoms with van der Waals surface area (Å²) in [5.74, 6) is -5.31. The highest BCUT2D eigenvalue weighted by Crippen LogP contribution is 2.01. The number of aliphatic carboxylic acids is 2. The van der Waals surface area contributed by atoms with Crippen molar-refractivity contribution in [3.63, 3.8) is 0 Å². The Balaban J connectivity index is 4.91. The van der Waals surface area contributed by atoms with Crippen molar-refractivity contribution in [2.45, 2.75) is 37.4 Å². The van der Waals surface area contributed by atoms with E-state index in [-0.39, 0.29) is 31.1 Å². The average molecular weight is 449 g/mol. The lowest BCUT2D eigenvalue weighted by molar-refractivity contribution is -0.141. The Morgan fingerprint density at radius 1 is 1.00 bits per heavy atom. The molecule has 0 aromatic rings. The molecule has 0 spiro atoms. The maximum atomic E-state index is 12.4. The van der Waals surface area contributed by atoms with Crippen molar-refractivity contribution in [3.05, 3.63) is 0 Å². The second kappa shape index (κ2) is 14.0. The molecule has 0 aliphatic rings. The average Bonchev–Trinajstić information content (AvgIpc) is 2.65. The minimum Gasteiger partial charge on any atom is -0.481 e. The first-order valence-electron chi connectivity index (χ1n) is 8.71. The van der Waals surface area contributed by atoms with E-state index < -0.39 is 60.8 Å². The Labute approximate surface area is 177 Å². The molecule has 0 aliphatic carbocycles. The fraction of sp³-hybridized carbons (Fsp3) is 0.600. The summed E-state index contributed by atoms with van der Waals surface area (Å²) in [6.07, 6.45) is -0.270. The minimum atomic E-state index is -1.35. The van der Waals surface area contributed by atoms with Gasteiger partial charge >= 0.3 is 11.9 Å². The summed E-state index contributed by atoms with van der Waals surface area (Å²) >= 11 is 3.85. The van der Waals surface area contributed by atoms with Gasteiger partial charge < -0.3 is 43.4 Å². The first kappa shape index (κ1) is 26.9. The minimum absolute atomic E-state index is 0.0692. The number of carbonyl (C=O) groups excluding carboxylic acids is 3. The number of carbonyl (C=O) groups is 5. The van der Waals surface area contributed by atoms with E-state index in [1.165, 1.54) is 0 Å². The lowest BCUT2D eigenvalue weighted by Crippen LogP contribution is -2.54. The number of hydrogen-bond acceptors (Lipinski definition) is 8. The van der Waals surface area contributed by atoms with Gasteiger partial charge in [0.2, 0.25) is 17.7 Å². The third-order valence-corrected chi connectivity index (χ3v) is 3.91. The molecule has 0 fully saturated rings. The maximum Gasteiger partial charge on any atom is 0.327 e. The molecule has 0 bridgehead atoms. The number of carboxylic acids is 2. The van der Waals surface area contributed by atoms with Crippen molar-refractivity contribution < 1.29 is 34.2 Å². The smallest absolute Gasteiger partial charge is 0.327 e. The van der Waals surface area contributed by atoms with Crippen molar-refractivity contribution in [3.8, 4) is 0 Å². The van der Waals surface area contributed by atoms with Gasteiger partial charge in [-0.25, -0.2) is 4.79 Å². The Hall–Kier alpha value is -3.07. The first-order valence-corrected chi connectivity index (χ1v) is 9.35. The molecule has 15 heteroatoms. The number of amides is 3. The number of carboxylic acid groups (broad SMARTS) is 2. The highest BCUT2D eigenvalue weighted by atomic mass is 32.1. The van der Waals surface area contributed by atoms with Crippen molar-refractivity contribution >= 4 is 48.2 Å². The van der Waals surface area contributed by atoms with Crippen LogP contribution in [0.2, 0.25) is 0 Å². The lowest BCUT2D eigenvalue weighted by atomic mass is 10.1. The van der Waals surface area contributed by atoms with Crippen molar-refractivity contribution in [2.24, 2.45) is 22.2 Å². The van der Waals surface area contributed by atoms with Gasteiger partial charge in [0.1, 0.15) is 12.1 Å². The van der Waals surface area contributed by atoms with Gasteiger partial charge in [0.15, 0.2) is 5.96 Å². The highest BCUT2D eigenvalue weighted by Gasteiger charge is 2.26. The van der Waals surface area contributed by atoms with E-state index in [0.29, 0.717) is 0 Å². The molecule has 3 atom stereocenters. The second-order valence-corrected chi connectivity index (χ2v) is 6.44. The molecule has 3 unspecified atom stereocenters. The van der Waals surface area contributed by atoms with E-state index in [1.54, 1.807) is 0 Å². The largest absolute Gasteiger partial charge is 0.481 e. The Bertz CT molecular complexity index is 670.